The Hall–Kier alpha value is -3.35. The second kappa shape index (κ2) is 5.94. The van der Waals surface area contributed by atoms with Crippen molar-refractivity contribution in [3.05, 3.63) is 54.1 Å². The lowest BCUT2D eigenvalue weighted by atomic mass is 10.1. The van der Waals surface area contributed by atoms with Gasteiger partial charge in [0.25, 0.3) is 0 Å². The highest BCUT2D eigenvalue weighted by Gasteiger charge is 2.14. The fraction of sp³-hybridized carbons (Fsp3) is 0.111. The predicted molar refractivity (Wildman–Crippen MR) is 91.6 cm³/mol. The summed E-state index contributed by atoms with van der Waals surface area (Å²) in [7, 11) is 1.57. The fourth-order valence-electron chi connectivity index (χ4n) is 2.68. The van der Waals surface area contributed by atoms with Crippen LogP contribution in [0.15, 0.2) is 42.7 Å². The SMILES string of the molecule is COc1ccc(-c2cnc3n[nH]c(-c4ccc(F)cc4C)c3n2)cn1. The number of hydrogen-bond donors (Lipinski definition) is 1. The summed E-state index contributed by atoms with van der Waals surface area (Å²) in [6, 6.07) is 8.24. The van der Waals surface area contributed by atoms with E-state index in [4.69, 9.17) is 4.74 Å². The van der Waals surface area contributed by atoms with E-state index >= 15 is 0 Å². The minimum absolute atomic E-state index is 0.277. The Balaban J connectivity index is 1.84. The average Bonchev–Trinajstić information content (AvgIpc) is 3.05. The van der Waals surface area contributed by atoms with E-state index < -0.39 is 0 Å². The summed E-state index contributed by atoms with van der Waals surface area (Å²) in [4.78, 5) is 13.2. The van der Waals surface area contributed by atoms with Crippen molar-refractivity contribution in [2.45, 2.75) is 6.92 Å². The zero-order valence-corrected chi connectivity index (χ0v) is 13.6. The first-order chi connectivity index (χ1) is 12.2. The van der Waals surface area contributed by atoms with E-state index in [1.54, 1.807) is 31.6 Å². The van der Waals surface area contributed by atoms with Gasteiger partial charge in [0.2, 0.25) is 5.88 Å². The number of aromatic nitrogens is 5. The summed E-state index contributed by atoms with van der Waals surface area (Å²) in [6.45, 7) is 1.84. The molecule has 0 unspecified atom stereocenters. The number of rotatable bonds is 3. The summed E-state index contributed by atoms with van der Waals surface area (Å²) in [6.07, 6.45) is 3.32. The Morgan fingerprint density at radius 3 is 2.68 bits per heavy atom. The lowest BCUT2D eigenvalue weighted by molar-refractivity contribution is 0.398. The van der Waals surface area contributed by atoms with Crippen LogP contribution in [-0.4, -0.2) is 32.3 Å². The van der Waals surface area contributed by atoms with Gasteiger partial charge in [-0.05, 0) is 36.8 Å². The Labute approximate surface area is 142 Å². The molecule has 0 fully saturated rings. The molecule has 0 bridgehead atoms. The van der Waals surface area contributed by atoms with Crippen molar-refractivity contribution in [2.75, 3.05) is 7.11 Å². The summed E-state index contributed by atoms with van der Waals surface area (Å²) in [5.74, 6) is 0.255. The first kappa shape index (κ1) is 15.2. The molecule has 3 heterocycles. The Bertz CT molecular complexity index is 1060. The molecule has 0 spiro atoms. The van der Waals surface area contributed by atoms with Gasteiger partial charge < -0.3 is 4.74 Å². The van der Waals surface area contributed by atoms with Gasteiger partial charge in [-0.2, -0.15) is 5.10 Å². The molecule has 25 heavy (non-hydrogen) atoms. The van der Waals surface area contributed by atoms with E-state index in [-0.39, 0.29) is 5.82 Å². The first-order valence-electron chi connectivity index (χ1n) is 7.64. The van der Waals surface area contributed by atoms with Crippen molar-refractivity contribution < 1.29 is 9.13 Å². The maximum absolute atomic E-state index is 13.4. The number of H-pyrrole nitrogens is 1. The predicted octanol–water partition coefficient (Wildman–Crippen LogP) is 3.54. The average molecular weight is 335 g/mol. The highest BCUT2D eigenvalue weighted by Crippen LogP contribution is 2.29. The van der Waals surface area contributed by atoms with Gasteiger partial charge in [0.1, 0.15) is 11.3 Å². The number of hydrogen-bond acceptors (Lipinski definition) is 5. The van der Waals surface area contributed by atoms with Crippen LogP contribution in [-0.2, 0) is 0 Å². The van der Waals surface area contributed by atoms with Crippen molar-refractivity contribution in [1.82, 2.24) is 25.1 Å². The third-order valence-electron chi connectivity index (χ3n) is 3.96. The number of halogens is 1. The van der Waals surface area contributed by atoms with Gasteiger partial charge in [-0.15, -0.1) is 0 Å². The number of ether oxygens (including phenoxy) is 1. The van der Waals surface area contributed by atoms with Gasteiger partial charge in [-0.25, -0.2) is 19.3 Å². The molecule has 1 aromatic carbocycles. The zero-order chi connectivity index (χ0) is 17.4. The molecule has 0 atom stereocenters. The molecule has 4 aromatic rings. The fourth-order valence-corrected chi connectivity index (χ4v) is 2.68. The quantitative estimate of drug-likeness (QED) is 0.620. The third kappa shape index (κ3) is 2.69. The van der Waals surface area contributed by atoms with Crippen molar-refractivity contribution in [2.24, 2.45) is 0 Å². The molecule has 1 N–H and O–H groups in total. The van der Waals surface area contributed by atoms with Crippen molar-refractivity contribution in [1.29, 1.82) is 0 Å². The molecule has 3 aromatic heterocycles. The van der Waals surface area contributed by atoms with Gasteiger partial charge in [-0.1, -0.05) is 0 Å². The summed E-state index contributed by atoms with van der Waals surface area (Å²) < 4.78 is 18.4. The summed E-state index contributed by atoms with van der Waals surface area (Å²) >= 11 is 0. The molecular formula is C18H14FN5O. The Morgan fingerprint density at radius 2 is 1.96 bits per heavy atom. The van der Waals surface area contributed by atoms with Gasteiger partial charge >= 0.3 is 0 Å². The molecule has 6 nitrogen and oxygen atoms in total. The molecule has 0 aliphatic rings. The van der Waals surface area contributed by atoms with Crippen LogP contribution in [0, 0.1) is 12.7 Å². The molecule has 0 amide bonds. The smallest absolute Gasteiger partial charge is 0.212 e. The van der Waals surface area contributed by atoms with Crippen LogP contribution < -0.4 is 4.74 Å². The van der Waals surface area contributed by atoms with Gasteiger partial charge in [0.15, 0.2) is 5.65 Å². The molecule has 7 heteroatoms. The molecule has 0 saturated heterocycles. The van der Waals surface area contributed by atoms with Crippen molar-refractivity contribution >= 4 is 11.2 Å². The van der Waals surface area contributed by atoms with Crippen LogP contribution in [0.25, 0.3) is 33.7 Å². The zero-order valence-electron chi connectivity index (χ0n) is 13.6. The van der Waals surface area contributed by atoms with Crippen LogP contribution in [0.5, 0.6) is 5.88 Å². The minimum atomic E-state index is -0.277. The van der Waals surface area contributed by atoms with Crippen LogP contribution in [0.4, 0.5) is 4.39 Å². The van der Waals surface area contributed by atoms with E-state index in [0.717, 1.165) is 16.7 Å². The van der Waals surface area contributed by atoms with Crippen LogP contribution in [0.2, 0.25) is 0 Å². The molecule has 0 saturated carbocycles. The maximum atomic E-state index is 13.4. The van der Waals surface area contributed by atoms with Gasteiger partial charge in [0, 0.05) is 23.4 Å². The molecule has 124 valence electrons. The Morgan fingerprint density at radius 1 is 1.08 bits per heavy atom. The molecular weight excluding hydrogens is 321 g/mol. The van der Waals surface area contributed by atoms with E-state index in [0.29, 0.717) is 28.4 Å². The lowest BCUT2D eigenvalue weighted by Crippen LogP contribution is -1.92. The number of benzene rings is 1. The van der Waals surface area contributed by atoms with Crippen LogP contribution in [0.3, 0.4) is 0 Å². The number of aromatic amines is 1. The van der Waals surface area contributed by atoms with E-state index in [2.05, 4.69) is 25.1 Å². The van der Waals surface area contributed by atoms with Crippen molar-refractivity contribution in [3.8, 4) is 28.4 Å². The summed E-state index contributed by atoms with van der Waals surface area (Å²) in [5, 5.41) is 7.15. The van der Waals surface area contributed by atoms with Crippen LogP contribution >= 0.6 is 0 Å². The topological polar surface area (TPSA) is 76.6 Å². The number of nitrogens with zero attached hydrogens (tertiary/aromatic N) is 4. The van der Waals surface area contributed by atoms with E-state index in [9.17, 15) is 4.39 Å². The van der Waals surface area contributed by atoms with Crippen LogP contribution in [0.1, 0.15) is 5.56 Å². The maximum Gasteiger partial charge on any atom is 0.212 e. The second-order valence-electron chi connectivity index (χ2n) is 5.57. The van der Waals surface area contributed by atoms with Gasteiger partial charge in [0.05, 0.1) is 24.7 Å². The number of aryl methyl sites for hydroxylation is 1. The monoisotopic (exact) mass is 335 g/mol. The number of fused-ring (bicyclic) bond motifs is 1. The van der Waals surface area contributed by atoms with E-state index in [1.165, 1.54) is 12.1 Å². The molecule has 0 radical (unpaired) electrons. The molecule has 0 aliphatic carbocycles. The largest absolute Gasteiger partial charge is 0.481 e. The third-order valence-corrected chi connectivity index (χ3v) is 3.96. The molecule has 0 aliphatic heterocycles. The minimum Gasteiger partial charge on any atom is -0.481 e. The number of methoxy groups -OCH3 is 1. The van der Waals surface area contributed by atoms with Gasteiger partial charge in [-0.3, -0.25) is 5.10 Å². The normalized spacial score (nSPS) is 11.0. The number of nitrogens with one attached hydrogen (secondary N) is 1. The number of pyridine rings is 1. The highest BCUT2D eigenvalue weighted by atomic mass is 19.1. The van der Waals surface area contributed by atoms with E-state index in [1.807, 2.05) is 13.0 Å². The Kier molecular flexibility index (Phi) is 3.61. The standard InChI is InChI=1S/C18H14FN5O/c1-10-7-12(19)4-5-13(10)16-17-18(24-23-16)21-9-14(22-17)11-3-6-15(25-2)20-8-11/h3-9H,1-2H3,(H,21,23,24). The second-order valence-corrected chi connectivity index (χ2v) is 5.57. The molecule has 4 rings (SSSR count). The summed E-state index contributed by atoms with van der Waals surface area (Å²) in [5.41, 5.74) is 4.96. The first-order valence-corrected chi connectivity index (χ1v) is 7.64. The van der Waals surface area contributed by atoms with Crippen molar-refractivity contribution in [3.63, 3.8) is 0 Å². The highest BCUT2D eigenvalue weighted by molar-refractivity contribution is 5.89. The lowest BCUT2D eigenvalue weighted by Gasteiger charge is -2.05.